The number of nitrogens with one attached hydrogen (secondary N) is 2. The van der Waals surface area contributed by atoms with E-state index in [1.54, 1.807) is 30.3 Å². The first-order valence-electron chi connectivity index (χ1n) is 7.13. The number of benzene rings is 2. The van der Waals surface area contributed by atoms with Gasteiger partial charge in [0.1, 0.15) is 0 Å². The van der Waals surface area contributed by atoms with E-state index < -0.39 is 0 Å². The Morgan fingerprint density at radius 2 is 1.88 bits per heavy atom. The molecule has 0 aliphatic heterocycles. The fourth-order valence-electron chi connectivity index (χ4n) is 1.94. The third-order valence-electron chi connectivity index (χ3n) is 3.20. The lowest BCUT2D eigenvalue weighted by Crippen LogP contribution is -2.37. The number of amides is 1. The zero-order valence-corrected chi connectivity index (χ0v) is 14.8. The molecule has 0 radical (unpaired) electrons. The highest BCUT2D eigenvalue weighted by Gasteiger charge is 2.10. The maximum Gasteiger partial charge on any atom is 0.264 e. The number of thiocarbonyl (C=S) groups is 1. The molecule has 2 aromatic rings. The molecule has 1 amide bonds. The Bertz CT molecular complexity index is 752. The van der Waals surface area contributed by atoms with Crippen molar-refractivity contribution >= 4 is 40.5 Å². The third-order valence-corrected chi connectivity index (χ3v) is 3.81. The van der Waals surface area contributed by atoms with Gasteiger partial charge < -0.3 is 14.8 Å². The van der Waals surface area contributed by atoms with E-state index in [0.717, 1.165) is 11.3 Å². The van der Waals surface area contributed by atoms with Gasteiger partial charge >= 0.3 is 0 Å². The van der Waals surface area contributed by atoms with Crippen LogP contribution < -0.4 is 20.1 Å². The minimum absolute atomic E-state index is 0.175. The van der Waals surface area contributed by atoms with Crippen LogP contribution in [0.2, 0.25) is 5.02 Å². The van der Waals surface area contributed by atoms with Crippen molar-refractivity contribution in [3.8, 4) is 11.5 Å². The molecule has 0 heterocycles. The monoisotopic (exact) mass is 364 g/mol. The average molecular weight is 365 g/mol. The number of carbonyl (C=O) groups excluding carboxylic acids is 1. The molecule has 7 heteroatoms. The minimum Gasteiger partial charge on any atom is -0.493 e. The van der Waals surface area contributed by atoms with Gasteiger partial charge in [0, 0.05) is 10.7 Å². The van der Waals surface area contributed by atoms with Crippen molar-refractivity contribution in [2.75, 3.05) is 19.0 Å². The van der Waals surface area contributed by atoms with Gasteiger partial charge in [-0.25, -0.2) is 0 Å². The van der Waals surface area contributed by atoms with Crippen LogP contribution >= 0.6 is 23.8 Å². The summed E-state index contributed by atoms with van der Waals surface area (Å²) in [4.78, 5) is 11.9. The second kappa shape index (κ2) is 8.52. The second-order valence-corrected chi connectivity index (χ2v) is 5.67. The fourth-order valence-corrected chi connectivity index (χ4v) is 2.34. The van der Waals surface area contributed by atoms with E-state index in [-0.39, 0.29) is 17.6 Å². The molecule has 5 nitrogen and oxygen atoms in total. The van der Waals surface area contributed by atoms with Crippen LogP contribution in [0.5, 0.6) is 11.5 Å². The molecule has 0 aliphatic carbocycles. The molecule has 2 rings (SSSR count). The number of ether oxygens (including phenoxy) is 2. The van der Waals surface area contributed by atoms with Crippen molar-refractivity contribution in [3.63, 3.8) is 0 Å². The van der Waals surface area contributed by atoms with E-state index in [4.69, 9.17) is 33.3 Å². The van der Waals surface area contributed by atoms with E-state index >= 15 is 0 Å². The quantitative estimate of drug-likeness (QED) is 0.794. The van der Waals surface area contributed by atoms with Gasteiger partial charge in [-0.1, -0.05) is 29.8 Å². The first-order valence-corrected chi connectivity index (χ1v) is 7.91. The highest BCUT2D eigenvalue weighted by atomic mass is 35.5. The maximum atomic E-state index is 11.9. The molecule has 2 N–H and O–H groups in total. The largest absolute Gasteiger partial charge is 0.493 e. The van der Waals surface area contributed by atoms with Crippen molar-refractivity contribution in [3.05, 3.63) is 53.1 Å². The number of rotatable bonds is 5. The van der Waals surface area contributed by atoms with E-state index in [0.29, 0.717) is 16.5 Å². The van der Waals surface area contributed by atoms with Crippen molar-refractivity contribution < 1.29 is 14.3 Å². The Morgan fingerprint density at radius 3 is 2.58 bits per heavy atom. The lowest BCUT2D eigenvalue weighted by atomic mass is 10.2. The molecule has 0 unspecified atom stereocenters. The topological polar surface area (TPSA) is 59.6 Å². The van der Waals surface area contributed by atoms with Gasteiger partial charge in [0.25, 0.3) is 5.91 Å². The third kappa shape index (κ3) is 4.84. The van der Waals surface area contributed by atoms with Gasteiger partial charge in [0.05, 0.1) is 7.11 Å². The molecule has 0 saturated carbocycles. The van der Waals surface area contributed by atoms with Gasteiger partial charge in [0.2, 0.25) is 0 Å². The first-order chi connectivity index (χ1) is 11.5. The molecule has 0 atom stereocenters. The van der Waals surface area contributed by atoms with Crippen LogP contribution in [-0.4, -0.2) is 24.7 Å². The van der Waals surface area contributed by atoms with Gasteiger partial charge in [0.15, 0.2) is 23.2 Å². The number of anilines is 1. The molecule has 24 heavy (non-hydrogen) atoms. The number of hydrogen-bond acceptors (Lipinski definition) is 4. The molecular formula is C17H17ClN2O3S. The summed E-state index contributed by atoms with van der Waals surface area (Å²) in [5, 5.41) is 6.29. The summed E-state index contributed by atoms with van der Waals surface area (Å²) in [6.07, 6.45) is 0. The van der Waals surface area contributed by atoms with Crippen LogP contribution in [0.15, 0.2) is 42.5 Å². The summed E-state index contributed by atoms with van der Waals surface area (Å²) in [6, 6.07) is 12.5. The van der Waals surface area contributed by atoms with Gasteiger partial charge in [-0.15, -0.1) is 0 Å². The van der Waals surface area contributed by atoms with Crippen LogP contribution in [0, 0.1) is 6.92 Å². The molecule has 126 valence electrons. The van der Waals surface area contributed by atoms with E-state index in [1.807, 2.05) is 19.1 Å². The van der Waals surface area contributed by atoms with E-state index in [1.165, 1.54) is 7.11 Å². The van der Waals surface area contributed by atoms with Crippen molar-refractivity contribution in [1.29, 1.82) is 0 Å². The van der Waals surface area contributed by atoms with Crippen LogP contribution in [0.3, 0.4) is 0 Å². The van der Waals surface area contributed by atoms with Crippen LogP contribution in [-0.2, 0) is 4.79 Å². The zero-order chi connectivity index (χ0) is 17.5. The highest BCUT2D eigenvalue weighted by Crippen LogP contribution is 2.25. The van der Waals surface area contributed by atoms with Crippen molar-refractivity contribution in [2.45, 2.75) is 6.92 Å². The van der Waals surface area contributed by atoms with Crippen molar-refractivity contribution in [1.82, 2.24) is 5.32 Å². The summed E-state index contributed by atoms with van der Waals surface area (Å²) < 4.78 is 10.6. The Morgan fingerprint density at radius 1 is 1.17 bits per heavy atom. The molecule has 2 aromatic carbocycles. The summed E-state index contributed by atoms with van der Waals surface area (Å²) in [6.45, 7) is 1.68. The lowest BCUT2D eigenvalue weighted by molar-refractivity contribution is -0.121. The zero-order valence-electron chi connectivity index (χ0n) is 13.3. The molecular weight excluding hydrogens is 348 g/mol. The average Bonchev–Trinajstić information content (AvgIpc) is 2.57. The molecule has 0 aromatic heterocycles. The predicted octanol–water partition coefficient (Wildman–Crippen LogP) is 3.55. The minimum atomic E-state index is -0.377. The van der Waals surface area contributed by atoms with Crippen molar-refractivity contribution in [2.24, 2.45) is 0 Å². The highest BCUT2D eigenvalue weighted by molar-refractivity contribution is 7.80. The molecule has 0 bridgehead atoms. The van der Waals surface area contributed by atoms with Gasteiger partial charge in [-0.3, -0.25) is 10.1 Å². The standard InChI is InChI=1S/C17H17ClN2O3S/c1-11-12(18)6-5-7-13(11)19-17(24)20-16(21)10-23-15-9-4-3-8-14(15)22-2/h3-9H,10H2,1-2H3,(H2,19,20,21,24). The molecule has 0 spiro atoms. The van der Waals surface area contributed by atoms with E-state index in [2.05, 4.69) is 10.6 Å². The lowest BCUT2D eigenvalue weighted by Gasteiger charge is -2.13. The molecule has 0 fully saturated rings. The van der Waals surface area contributed by atoms with Crippen LogP contribution in [0.25, 0.3) is 0 Å². The predicted molar refractivity (Wildman–Crippen MR) is 99.0 cm³/mol. The van der Waals surface area contributed by atoms with Gasteiger partial charge in [-0.2, -0.15) is 0 Å². The second-order valence-electron chi connectivity index (χ2n) is 4.85. The number of halogens is 1. The number of hydrogen-bond donors (Lipinski definition) is 2. The number of methoxy groups -OCH3 is 1. The summed E-state index contributed by atoms with van der Waals surface area (Å²) >= 11 is 11.2. The molecule has 0 saturated heterocycles. The maximum absolute atomic E-state index is 11.9. The molecule has 0 aliphatic rings. The van der Waals surface area contributed by atoms with Crippen LogP contribution in [0.1, 0.15) is 5.56 Å². The Kier molecular flexibility index (Phi) is 6.40. The summed E-state index contributed by atoms with van der Waals surface area (Å²) in [7, 11) is 1.54. The fraction of sp³-hybridized carbons (Fsp3) is 0.176. The first kappa shape index (κ1) is 18.0. The summed E-state index contributed by atoms with van der Waals surface area (Å²) in [5.74, 6) is 0.665. The Labute approximate surface area is 150 Å². The smallest absolute Gasteiger partial charge is 0.264 e. The van der Waals surface area contributed by atoms with Crippen LogP contribution in [0.4, 0.5) is 5.69 Å². The van der Waals surface area contributed by atoms with Gasteiger partial charge in [-0.05, 0) is 49.0 Å². The Hall–Kier alpha value is -2.31. The number of para-hydroxylation sites is 2. The Balaban J connectivity index is 1.88. The summed E-state index contributed by atoms with van der Waals surface area (Å²) in [5.41, 5.74) is 1.58. The van der Waals surface area contributed by atoms with E-state index in [9.17, 15) is 4.79 Å². The SMILES string of the molecule is COc1ccccc1OCC(=O)NC(=S)Nc1cccc(Cl)c1C. The number of carbonyl (C=O) groups is 1. The normalized spacial score (nSPS) is 9.96.